The molecule has 1 aliphatic heterocycles. The highest BCUT2D eigenvalue weighted by molar-refractivity contribution is 9.09. The fraction of sp³-hybridized carbons (Fsp3) is 0.455. The Bertz CT molecular complexity index is 316. The first-order chi connectivity index (χ1) is 6.75. The van der Waals surface area contributed by atoms with Gasteiger partial charge in [0, 0.05) is 22.9 Å². The van der Waals surface area contributed by atoms with Crippen LogP contribution in [0.2, 0.25) is 5.02 Å². The van der Waals surface area contributed by atoms with E-state index >= 15 is 0 Å². The van der Waals surface area contributed by atoms with Gasteiger partial charge < -0.3 is 0 Å². The van der Waals surface area contributed by atoms with Gasteiger partial charge in [-0.3, -0.25) is 4.90 Å². The molecule has 0 N–H and O–H groups in total. The largest absolute Gasteiger partial charge is 0.298 e. The van der Waals surface area contributed by atoms with Crippen LogP contribution in [-0.2, 0) is 6.54 Å². The molecule has 1 atom stereocenters. The average molecular weight is 275 g/mol. The van der Waals surface area contributed by atoms with E-state index in [1.165, 1.54) is 18.5 Å². The molecule has 1 unspecified atom stereocenters. The number of halogens is 2. The highest BCUT2D eigenvalue weighted by Gasteiger charge is 2.20. The summed E-state index contributed by atoms with van der Waals surface area (Å²) in [6, 6.07) is 8.08. The van der Waals surface area contributed by atoms with Gasteiger partial charge in [-0.05, 0) is 24.6 Å². The summed E-state index contributed by atoms with van der Waals surface area (Å²) in [6.07, 6.45) is 1.24. The Morgan fingerprint density at radius 2 is 2.21 bits per heavy atom. The number of hydrogen-bond donors (Lipinski definition) is 0. The normalized spacial score (nSPS) is 22.9. The van der Waals surface area contributed by atoms with Crippen LogP contribution in [0.5, 0.6) is 0 Å². The maximum Gasteiger partial charge on any atom is 0.0451 e. The van der Waals surface area contributed by atoms with Gasteiger partial charge in [0.05, 0.1) is 0 Å². The number of rotatable bonds is 2. The van der Waals surface area contributed by atoms with E-state index in [9.17, 15) is 0 Å². The number of likely N-dealkylation sites (tertiary alicyclic amines) is 1. The Kier molecular flexibility index (Phi) is 3.47. The predicted molar refractivity (Wildman–Crippen MR) is 64.1 cm³/mol. The molecule has 1 nitrogen and oxygen atoms in total. The Balaban J connectivity index is 2.01. The van der Waals surface area contributed by atoms with Gasteiger partial charge >= 0.3 is 0 Å². The Hall–Kier alpha value is -0.0500. The third-order valence-electron chi connectivity index (χ3n) is 2.57. The van der Waals surface area contributed by atoms with Crippen molar-refractivity contribution in [1.29, 1.82) is 0 Å². The van der Waals surface area contributed by atoms with Crippen molar-refractivity contribution in [2.24, 2.45) is 0 Å². The molecule has 2 rings (SSSR count). The molecular formula is C11H13BrClN. The van der Waals surface area contributed by atoms with Crippen molar-refractivity contribution in [2.75, 3.05) is 13.1 Å². The molecule has 1 aliphatic rings. The standard InChI is InChI=1S/C11H13BrClN/c12-10-5-6-14(8-10)7-9-3-1-2-4-11(9)13/h1-4,10H,5-8H2. The van der Waals surface area contributed by atoms with Gasteiger partial charge in [0.25, 0.3) is 0 Å². The molecule has 1 heterocycles. The lowest BCUT2D eigenvalue weighted by Crippen LogP contribution is -2.20. The van der Waals surface area contributed by atoms with Gasteiger partial charge in [-0.25, -0.2) is 0 Å². The summed E-state index contributed by atoms with van der Waals surface area (Å²) in [5.74, 6) is 0. The van der Waals surface area contributed by atoms with Crippen LogP contribution in [-0.4, -0.2) is 22.8 Å². The molecule has 1 aromatic rings. The van der Waals surface area contributed by atoms with Crippen LogP contribution in [0.1, 0.15) is 12.0 Å². The van der Waals surface area contributed by atoms with Gasteiger partial charge in [-0.15, -0.1) is 0 Å². The van der Waals surface area contributed by atoms with Crippen LogP contribution in [0.15, 0.2) is 24.3 Å². The summed E-state index contributed by atoms with van der Waals surface area (Å²) in [4.78, 5) is 3.09. The molecule has 14 heavy (non-hydrogen) atoms. The smallest absolute Gasteiger partial charge is 0.0451 e. The Labute approximate surface area is 98.2 Å². The molecule has 0 radical (unpaired) electrons. The molecule has 3 heteroatoms. The SMILES string of the molecule is Clc1ccccc1CN1CCC(Br)C1. The second kappa shape index (κ2) is 4.65. The van der Waals surface area contributed by atoms with E-state index < -0.39 is 0 Å². The average Bonchev–Trinajstić information content (AvgIpc) is 2.56. The second-order valence-corrected chi connectivity index (χ2v) is 5.41. The van der Waals surface area contributed by atoms with E-state index in [1.807, 2.05) is 18.2 Å². The van der Waals surface area contributed by atoms with Gasteiger partial charge in [-0.2, -0.15) is 0 Å². The minimum atomic E-state index is 0.657. The summed E-state index contributed by atoms with van der Waals surface area (Å²) >= 11 is 9.74. The topological polar surface area (TPSA) is 3.24 Å². The Morgan fingerprint density at radius 3 is 2.86 bits per heavy atom. The van der Waals surface area contributed by atoms with E-state index in [1.54, 1.807) is 0 Å². The summed E-state index contributed by atoms with van der Waals surface area (Å²) in [5, 5.41) is 0.880. The zero-order valence-corrected chi connectivity index (χ0v) is 10.3. The first kappa shape index (κ1) is 10.5. The monoisotopic (exact) mass is 273 g/mol. The van der Waals surface area contributed by atoms with Crippen LogP contribution < -0.4 is 0 Å². The first-order valence-electron chi connectivity index (χ1n) is 4.85. The lowest BCUT2D eigenvalue weighted by atomic mass is 10.2. The van der Waals surface area contributed by atoms with Crippen molar-refractivity contribution in [3.05, 3.63) is 34.9 Å². The van der Waals surface area contributed by atoms with Crippen LogP contribution in [0, 0.1) is 0 Å². The molecule has 0 aromatic heterocycles. The molecule has 1 saturated heterocycles. The zero-order valence-electron chi connectivity index (χ0n) is 7.92. The van der Waals surface area contributed by atoms with E-state index in [4.69, 9.17) is 11.6 Å². The summed E-state index contributed by atoms with van der Waals surface area (Å²) in [7, 11) is 0. The summed E-state index contributed by atoms with van der Waals surface area (Å²) in [6.45, 7) is 3.27. The highest BCUT2D eigenvalue weighted by Crippen LogP contribution is 2.22. The number of nitrogens with zero attached hydrogens (tertiary/aromatic N) is 1. The third kappa shape index (κ3) is 2.50. The summed E-state index contributed by atoms with van der Waals surface area (Å²) in [5.41, 5.74) is 1.23. The fourth-order valence-electron chi connectivity index (χ4n) is 1.80. The van der Waals surface area contributed by atoms with E-state index in [-0.39, 0.29) is 0 Å². The van der Waals surface area contributed by atoms with E-state index in [0.717, 1.165) is 18.1 Å². The van der Waals surface area contributed by atoms with Crippen molar-refractivity contribution in [3.63, 3.8) is 0 Å². The van der Waals surface area contributed by atoms with E-state index in [0.29, 0.717) is 4.83 Å². The van der Waals surface area contributed by atoms with E-state index in [2.05, 4.69) is 26.9 Å². The van der Waals surface area contributed by atoms with Crippen molar-refractivity contribution in [3.8, 4) is 0 Å². The lowest BCUT2D eigenvalue weighted by molar-refractivity contribution is 0.333. The molecule has 0 saturated carbocycles. The van der Waals surface area contributed by atoms with Crippen molar-refractivity contribution in [2.45, 2.75) is 17.8 Å². The predicted octanol–water partition coefficient (Wildman–Crippen LogP) is 3.31. The molecule has 1 aromatic carbocycles. The van der Waals surface area contributed by atoms with Crippen LogP contribution in [0.4, 0.5) is 0 Å². The zero-order chi connectivity index (χ0) is 9.97. The molecule has 0 amide bonds. The minimum absolute atomic E-state index is 0.657. The third-order valence-corrected chi connectivity index (χ3v) is 3.68. The minimum Gasteiger partial charge on any atom is -0.298 e. The summed E-state index contributed by atoms with van der Waals surface area (Å²) < 4.78 is 0. The fourth-order valence-corrected chi connectivity index (χ4v) is 2.61. The first-order valence-corrected chi connectivity index (χ1v) is 6.15. The molecule has 76 valence electrons. The number of benzene rings is 1. The Morgan fingerprint density at radius 1 is 1.43 bits per heavy atom. The second-order valence-electron chi connectivity index (χ2n) is 3.71. The highest BCUT2D eigenvalue weighted by atomic mass is 79.9. The number of alkyl halides is 1. The molecule has 0 bridgehead atoms. The van der Waals surface area contributed by atoms with Crippen LogP contribution in [0.3, 0.4) is 0 Å². The maximum absolute atomic E-state index is 6.10. The van der Waals surface area contributed by atoms with Gasteiger partial charge in [0.2, 0.25) is 0 Å². The van der Waals surface area contributed by atoms with Crippen molar-refractivity contribution < 1.29 is 0 Å². The van der Waals surface area contributed by atoms with Crippen molar-refractivity contribution >= 4 is 27.5 Å². The quantitative estimate of drug-likeness (QED) is 0.748. The number of hydrogen-bond acceptors (Lipinski definition) is 1. The van der Waals surface area contributed by atoms with Crippen molar-refractivity contribution in [1.82, 2.24) is 4.90 Å². The van der Waals surface area contributed by atoms with Crippen LogP contribution >= 0.6 is 27.5 Å². The molecule has 1 fully saturated rings. The van der Waals surface area contributed by atoms with Crippen LogP contribution in [0.25, 0.3) is 0 Å². The molecule has 0 spiro atoms. The van der Waals surface area contributed by atoms with Gasteiger partial charge in [0.15, 0.2) is 0 Å². The lowest BCUT2D eigenvalue weighted by Gasteiger charge is -2.15. The molecular weight excluding hydrogens is 261 g/mol. The van der Waals surface area contributed by atoms with Gasteiger partial charge in [0.1, 0.15) is 0 Å². The van der Waals surface area contributed by atoms with Gasteiger partial charge in [-0.1, -0.05) is 45.7 Å². The molecule has 0 aliphatic carbocycles. The maximum atomic E-state index is 6.10.